The molecule has 0 radical (unpaired) electrons. The lowest BCUT2D eigenvalue weighted by atomic mass is 10.0. The maximum Gasteiger partial charge on any atom is 0.357 e. The SMILES string of the molecule is CCC(C)(OC(=O)C(C)O)C(=O)OC(=O)CO. The molecule has 2 N–H and O–H groups in total. The summed E-state index contributed by atoms with van der Waals surface area (Å²) in [4.78, 5) is 33.4. The Labute approximate surface area is 98.3 Å². The van der Waals surface area contributed by atoms with E-state index in [0.29, 0.717) is 0 Å². The van der Waals surface area contributed by atoms with Crippen molar-refractivity contribution in [1.29, 1.82) is 0 Å². The molecular weight excluding hydrogens is 232 g/mol. The zero-order valence-electron chi connectivity index (χ0n) is 9.93. The Morgan fingerprint density at radius 1 is 1.35 bits per heavy atom. The van der Waals surface area contributed by atoms with E-state index in [0.717, 1.165) is 0 Å². The molecule has 0 saturated heterocycles. The van der Waals surface area contributed by atoms with Crippen LogP contribution >= 0.6 is 0 Å². The summed E-state index contributed by atoms with van der Waals surface area (Å²) in [6.07, 6.45) is -1.33. The lowest BCUT2D eigenvalue weighted by Crippen LogP contribution is -2.44. The average Bonchev–Trinajstić information content (AvgIpc) is 2.28. The topological polar surface area (TPSA) is 110 Å². The second kappa shape index (κ2) is 6.31. The van der Waals surface area contributed by atoms with E-state index in [1.54, 1.807) is 6.92 Å². The number of hydrogen-bond acceptors (Lipinski definition) is 7. The molecule has 0 saturated carbocycles. The van der Waals surface area contributed by atoms with Crippen LogP contribution in [0, 0.1) is 0 Å². The van der Waals surface area contributed by atoms with Crippen molar-refractivity contribution in [3.63, 3.8) is 0 Å². The molecule has 0 aliphatic rings. The van der Waals surface area contributed by atoms with Crippen molar-refractivity contribution in [2.24, 2.45) is 0 Å². The van der Waals surface area contributed by atoms with Crippen LogP contribution in [0.5, 0.6) is 0 Å². The van der Waals surface area contributed by atoms with E-state index >= 15 is 0 Å². The van der Waals surface area contributed by atoms with Crippen LogP contribution in [0.3, 0.4) is 0 Å². The molecule has 17 heavy (non-hydrogen) atoms. The highest BCUT2D eigenvalue weighted by Gasteiger charge is 2.39. The van der Waals surface area contributed by atoms with Crippen LogP contribution in [-0.4, -0.2) is 46.4 Å². The summed E-state index contributed by atoms with van der Waals surface area (Å²) in [5.74, 6) is -3.22. The van der Waals surface area contributed by atoms with Crippen LogP contribution in [0.2, 0.25) is 0 Å². The minimum absolute atomic E-state index is 0.0585. The molecule has 0 aromatic rings. The summed E-state index contributed by atoms with van der Waals surface area (Å²) in [7, 11) is 0. The van der Waals surface area contributed by atoms with Gasteiger partial charge >= 0.3 is 17.9 Å². The summed E-state index contributed by atoms with van der Waals surface area (Å²) >= 11 is 0. The standard InChI is InChI=1S/C10H16O7/c1-4-10(3,17-8(14)6(2)12)9(15)16-7(13)5-11/h6,11-12H,4-5H2,1-3H3. The van der Waals surface area contributed by atoms with Gasteiger partial charge in [0.2, 0.25) is 5.60 Å². The molecule has 0 rings (SSSR count). The molecule has 0 aliphatic heterocycles. The van der Waals surface area contributed by atoms with Gasteiger partial charge in [0.25, 0.3) is 0 Å². The number of hydrogen-bond donors (Lipinski definition) is 2. The second-order valence-corrected chi connectivity index (χ2v) is 3.60. The predicted molar refractivity (Wildman–Crippen MR) is 54.7 cm³/mol. The largest absolute Gasteiger partial charge is 0.445 e. The summed E-state index contributed by atoms with van der Waals surface area (Å²) < 4.78 is 9.01. The molecule has 0 fully saturated rings. The summed E-state index contributed by atoms with van der Waals surface area (Å²) in [5.41, 5.74) is -1.67. The molecule has 0 aromatic heterocycles. The molecule has 0 bridgehead atoms. The van der Waals surface area contributed by atoms with Crippen LogP contribution < -0.4 is 0 Å². The van der Waals surface area contributed by atoms with E-state index in [1.807, 2.05) is 0 Å². The van der Waals surface area contributed by atoms with Crippen molar-refractivity contribution in [3.05, 3.63) is 0 Å². The van der Waals surface area contributed by atoms with Crippen molar-refractivity contribution in [1.82, 2.24) is 0 Å². The van der Waals surface area contributed by atoms with E-state index in [9.17, 15) is 14.4 Å². The van der Waals surface area contributed by atoms with Crippen molar-refractivity contribution < 1.29 is 34.1 Å². The summed E-state index contributed by atoms with van der Waals surface area (Å²) in [6.45, 7) is 3.03. The van der Waals surface area contributed by atoms with Crippen LogP contribution in [-0.2, 0) is 23.9 Å². The molecule has 0 aromatic carbocycles. The van der Waals surface area contributed by atoms with Gasteiger partial charge in [0.15, 0.2) is 0 Å². The fourth-order valence-corrected chi connectivity index (χ4v) is 0.809. The molecule has 2 atom stereocenters. The summed E-state index contributed by atoms with van der Waals surface area (Å²) in [5, 5.41) is 17.4. The first kappa shape index (κ1) is 15.5. The number of esters is 3. The molecule has 7 nitrogen and oxygen atoms in total. The zero-order chi connectivity index (χ0) is 13.6. The van der Waals surface area contributed by atoms with E-state index < -0.39 is 36.2 Å². The minimum atomic E-state index is -1.67. The summed E-state index contributed by atoms with van der Waals surface area (Å²) in [6, 6.07) is 0. The first-order valence-electron chi connectivity index (χ1n) is 5.03. The highest BCUT2D eigenvalue weighted by atomic mass is 16.6. The van der Waals surface area contributed by atoms with Crippen molar-refractivity contribution in [2.75, 3.05) is 6.61 Å². The van der Waals surface area contributed by atoms with Crippen molar-refractivity contribution in [3.8, 4) is 0 Å². The second-order valence-electron chi connectivity index (χ2n) is 3.60. The maximum absolute atomic E-state index is 11.5. The highest BCUT2D eigenvalue weighted by molar-refractivity contribution is 5.92. The predicted octanol–water partition coefficient (Wildman–Crippen LogP) is -0.859. The average molecular weight is 248 g/mol. The third-order valence-corrected chi connectivity index (χ3v) is 2.11. The number of aliphatic hydroxyl groups excluding tert-OH is 2. The number of rotatable bonds is 5. The third kappa shape index (κ3) is 4.49. The first-order chi connectivity index (χ1) is 7.76. The van der Waals surface area contributed by atoms with E-state index in [4.69, 9.17) is 14.9 Å². The third-order valence-electron chi connectivity index (χ3n) is 2.11. The van der Waals surface area contributed by atoms with Crippen molar-refractivity contribution in [2.45, 2.75) is 38.9 Å². The normalized spacial score (nSPS) is 15.6. The Morgan fingerprint density at radius 2 is 1.88 bits per heavy atom. The molecular formula is C10H16O7. The Bertz CT molecular complexity index is 310. The number of carbonyl (C=O) groups is 3. The number of ether oxygens (including phenoxy) is 2. The number of carbonyl (C=O) groups excluding carboxylic acids is 3. The molecule has 0 amide bonds. The zero-order valence-corrected chi connectivity index (χ0v) is 9.93. The Hall–Kier alpha value is -1.47. The fourth-order valence-electron chi connectivity index (χ4n) is 0.809. The molecule has 0 spiro atoms. The van der Waals surface area contributed by atoms with Gasteiger partial charge in [-0.3, -0.25) is 0 Å². The Morgan fingerprint density at radius 3 is 2.24 bits per heavy atom. The quantitative estimate of drug-likeness (QED) is 0.481. The van der Waals surface area contributed by atoms with Gasteiger partial charge in [0, 0.05) is 0 Å². The van der Waals surface area contributed by atoms with Gasteiger partial charge in [-0.2, -0.15) is 0 Å². The van der Waals surface area contributed by atoms with Crippen molar-refractivity contribution >= 4 is 17.9 Å². The first-order valence-corrected chi connectivity index (χ1v) is 5.03. The lowest BCUT2D eigenvalue weighted by Gasteiger charge is -2.25. The molecule has 7 heteroatoms. The number of aliphatic hydroxyl groups is 2. The van der Waals surface area contributed by atoms with Gasteiger partial charge < -0.3 is 19.7 Å². The van der Waals surface area contributed by atoms with E-state index in [1.165, 1.54) is 13.8 Å². The van der Waals surface area contributed by atoms with Gasteiger partial charge in [-0.25, -0.2) is 14.4 Å². The Kier molecular flexibility index (Phi) is 5.77. The molecule has 98 valence electrons. The lowest BCUT2D eigenvalue weighted by molar-refractivity contribution is -0.189. The van der Waals surface area contributed by atoms with Gasteiger partial charge in [0.1, 0.15) is 12.7 Å². The molecule has 0 aliphatic carbocycles. The van der Waals surface area contributed by atoms with Gasteiger partial charge in [-0.15, -0.1) is 0 Å². The van der Waals surface area contributed by atoms with Gasteiger partial charge in [-0.05, 0) is 20.3 Å². The Balaban J connectivity index is 4.71. The molecule has 0 heterocycles. The van der Waals surface area contributed by atoms with Crippen LogP contribution in [0.4, 0.5) is 0 Å². The molecule has 2 unspecified atom stereocenters. The van der Waals surface area contributed by atoms with E-state index in [2.05, 4.69) is 4.74 Å². The minimum Gasteiger partial charge on any atom is -0.445 e. The van der Waals surface area contributed by atoms with E-state index in [-0.39, 0.29) is 6.42 Å². The highest BCUT2D eigenvalue weighted by Crippen LogP contribution is 2.18. The van der Waals surface area contributed by atoms with Crippen LogP contribution in [0.15, 0.2) is 0 Å². The van der Waals surface area contributed by atoms with Crippen LogP contribution in [0.1, 0.15) is 27.2 Å². The maximum atomic E-state index is 11.5. The van der Waals surface area contributed by atoms with Gasteiger partial charge in [-0.1, -0.05) is 6.92 Å². The fraction of sp³-hybridized carbons (Fsp3) is 0.700. The smallest absolute Gasteiger partial charge is 0.357 e. The van der Waals surface area contributed by atoms with Gasteiger partial charge in [0.05, 0.1) is 0 Å². The monoisotopic (exact) mass is 248 g/mol. The van der Waals surface area contributed by atoms with Crippen LogP contribution in [0.25, 0.3) is 0 Å².